The SMILES string of the molecule is CC(C)C[C@H]1ON[C@H]2CN(C3CCN(C(C)C)CC3)C(=O)[C@H](CC(C)(C)C)N2C1=O. The summed E-state index contributed by atoms with van der Waals surface area (Å²) in [5, 5.41) is 0. The van der Waals surface area contributed by atoms with E-state index in [1.807, 2.05) is 9.80 Å². The van der Waals surface area contributed by atoms with Crippen molar-refractivity contribution >= 4 is 11.8 Å². The van der Waals surface area contributed by atoms with E-state index in [4.69, 9.17) is 4.84 Å². The Morgan fingerprint density at radius 2 is 1.70 bits per heavy atom. The van der Waals surface area contributed by atoms with Gasteiger partial charge in [-0.1, -0.05) is 34.6 Å². The first kappa shape index (κ1) is 23.5. The topological polar surface area (TPSA) is 65.1 Å². The second kappa shape index (κ2) is 9.13. The average molecular weight is 423 g/mol. The van der Waals surface area contributed by atoms with Gasteiger partial charge in [-0.2, -0.15) is 5.48 Å². The molecule has 7 nitrogen and oxygen atoms in total. The Balaban J connectivity index is 1.80. The molecule has 0 aliphatic carbocycles. The molecule has 0 radical (unpaired) electrons. The van der Waals surface area contributed by atoms with Crippen molar-refractivity contribution in [3.8, 4) is 0 Å². The molecule has 0 saturated carbocycles. The average Bonchev–Trinajstić information content (AvgIpc) is 2.65. The highest BCUT2D eigenvalue weighted by atomic mass is 16.7. The number of likely N-dealkylation sites (tertiary alicyclic amines) is 1. The van der Waals surface area contributed by atoms with E-state index in [9.17, 15) is 9.59 Å². The summed E-state index contributed by atoms with van der Waals surface area (Å²) >= 11 is 0. The van der Waals surface area contributed by atoms with E-state index in [1.54, 1.807) is 0 Å². The molecule has 3 atom stereocenters. The lowest BCUT2D eigenvalue weighted by molar-refractivity contribution is -0.202. The lowest BCUT2D eigenvalue weighted by atomic mass is 9.84. The number of rotatable bonds is 5. The normalized spacial score (nSPS) is 29.8. The van der Waals surface area contributed by atoms with Gasteiger partial charge in [-0.05, 0) is 50.9 Å². The van der Waals surface area contributed by atoms with Gasteiger partial charge in [0.2, 0.25) is 5.91 Å². The summed E-state index contributed by atoms with van der Waals surface area (Å²) in [6, 6.07) is 0.351. The molecule has 1 N–H and O–H groups in total. The van der Waals surface area contributed by atoms with Crippen LogP contribution in [0.1, 0.15) is 74.1 Å². The van der Waals surface area contributed by atoms with E-state index in [2.05, 4.69) is 58.8 Å². The Morgan fingerprint density at radius 3 is 2.23 bits per heavy atom. The zero-order chi connectivity index (χ0) is 22.2. The predicted molar refractivity (Wildman–Crippen MR) is 117 cm³/mol. The highest BCUT2D eigenvalue weighted by Crippen LogP contribution is 2.33. The number of carbonyl (C=O) groups is 2. The van der Waals surface area contributed by atoms with Gasteiger partial charge in [0.05, 0.1) is 6.54 Å². The number of piperazine rings is 1. The zero-order valence-electron chi connectivity index (χ0n) is 20.0. The fourth-order valence-electron chi connectivity index (χ4n) is 5.06. The zero-order valence-corrected chi connectivity index (χ0v) is 20.0. The number of fused-ring (bicyclic) bond motifs is 1. The first-order valence-corrected chi connectivity index (χ1v) is 11.8. The van der Waals surface area contributed by atoms with Crippen LogP contribution in [0.5, 0.6) is 0 Å². The van der Waals surface area contributed by atoms with E-state index in [-0.39, 0.29) is 29.4 Å². The van der Waals surface area contributed by atoms with Gasteiger partial charge in [-0.15, -0.1) is 0 Å². The van der Waals surface area contributed by atoms with Gasteiger partial charge >= 0.3 is 0 Å². The number of nitrogens with zero attached hydrogens (tertiary/aromatic N) is 3. The van der Waals surface area contributed by atoms with Gasteiger partial charge in [0.15, 0.2) is 6.10 Å². The van der Waals surface area contributed by atoms with Crippen LogP contribution in [-0.2, 0) is 14.4 Å². The molecule has 2 amide bonds. The quantitative estimate of drug-likeness (QED) is 0.738. The van der Waals surface area contributed by atoms with Gasteiger partial charge in [0.1, 0.15) is 12.2 Å². The van der Waals surface area contributed by atoms with Crippen molar-refractivity contribution in [1.82, 2.24) is 20.2 Å². The van der Waals surface area contributed by atoms with Crippen LogP contribution in [0, 0.1) is 11.3 Å². The fraction of sp³-hybridized carbons (Fsp3) is 0.913. The molecule has 7 heteroatoms. The van der Waals surface area contributed by atoms with Gasteiger partial charge in [0.25, 0.3) is 5.91 Å². The largest absolute Gasteiger partial charge is 0.334 e. The maximum absolute atomic E-state index is 13.7. The summed E-state index contributed by atoms with van der Waals surface area (Å²) in [6.45, 7) is 17.6. The van der Waals surface area contributed by atoms with E-state index in [1.165, 1.54) is 0 Å². The van der Waals surface area contributed by atoms with Gasteiger partial charge in [-0.3, -0.25) is 14.4 Å². The number of hydrogen-bond donors (Lipinski definition) is 1. The minimum absolute atomic E-state index is 0.0377. The monoisotopic (exact) mass is 422 g/mol. The van der Waals surface area contributed by atoms with Crippen molar-refractivity contribution in [3.05, 3.63) is 0 Å². The van der Waals surface area contributed by atoms with Crippen LogP contribution in [0.15, 0.2) is 0 Å². The van der Waals surface area contributed by atoms with Crippen LogP contribution in [0.3, 0.4) is 0 Å². The van der Waals surface area contributed by atoms with Crippen molar-refractivity contribution < 1.29 is 14.4 Å². The number of piperidine rings is 1. The number of carbonyl (C=O) groups excluding carboxylic acids is 2. The molecule has 30 heavy (non-hydrogen) atoms. The van der Waals surface area contributed by atoms with Crippen LogP contribution >= 0.6 is 0 Å². The predicted octanol–water partition coefficient (Wildman–Crippen LogP) is 2.61. The molecule has 0 spiro atoms. The molecule has 3 saturated heterocycles. The number of nitrogens with one attached hydrogen (secondary N) is 1. The molecule has 0 aromatic carbocycles. The maximum Gasteiger partial charge on any atom is 0.255 e. The van der Waals surface area contributed by atoms with E-state index in [0.29, 0.717) is 31.3 Å². The molecule has 3 aliphatic rings. The van der Waals surface area contributed by atoms with Crippen molar-refractivity contribution in [2.75, 3.05) is 19.6 Å². The van der Waals surface area contributed by atoms with Gasteiger partial charge < -0.3 is 14.7 Å². The Morgan fingerprint density at radius 1 is 1.07 bits per heavy atom. The smallest absolute Gasteiger partial charge is 0.255 e. The van der Waals surface area contributed by atoms with Crippen LogP contribution < -0.4 is 5.48 Å². The number of hydroxylamine groups is 1. The summed E-state index contributed by atoms with van der Waals surface area (Å²) in [6.07, 6.45) is 2.51. The first-order valence-electron chi connectivity index (χ1n) is 11.8. The molecule has 0 bridgehead atoms. The van der Waals surface area contributed by atoms with E-state index >= 15 is 0 Å². The highest BCUT2D eigenvalue weighted by molar-refractivity contribution is 5.91. The Labute approximate surface area is 182 Å². The molecule has 3 rings (SSSR count). The maximum atomic E-state index is 13.7. The van der Waals surface area contributed by atoms with E-state index in [0.717, 1.165) is 25.9 Å². The van der Waals surface area contributed by atoms with Crippen molar-refractivity contribution in [1.29, 1.82) is 0 Å². The van der Waals surface area contributed by atoms with Crippen LogP contribution in [0.25, 0.3) is 0 Å². The highest BCUT2D eigenvalue weighted by Gasteiger charge is 2.50. The molecule has 3 fully saturated rings. The Hall–Kier alpha value is -1.18. The van der Waals surface area contributed by atoms with Crippen LogP contribution in [0.4, 0.5) is 0 Å². The minimum Gasteiger partial charge on any atom is -0.334 e. The number of amides is 2. The molecule has 3 aliphatic heterocycles. The molecule has 0 aromatic heterocycles. The summed E-state index contributed by atoms with van der Waals surface area (Å²) in [5.74, 6) is 0.426. The summed E-state index contributed by atoms with van der Waals surface area (Å²) in [5.41, 5.74) is 3.09. The Bertz CT molecular complexity index is 622. The molecular formula is C23H42N4O3. The molecular weight excluding hydrogens is 380 g/mol. The Kier molecular flexibility index (Phi) is 7.15. The standard InChI is InChI=1S/C23H42N4O3/c1-15(2)12-19-22(29)27-18(13-23(5,6)7)21(28)26(14-20(27)24-30-19)17-8-10-25(11-9-17)16(3)4/h15-20,24H,8-14H2,1-7H3/t18-,19+,20+/m0/s1. The lowest BCUT2D eigenvalue weighted by Crippen LogP contribution is -2.73. The van der Waals surface area contributed by atoms with Crippen LogP contribution in [-0.4, -0.2) is 76.5 Å². The number of hydrogen-bond acceptors (Lipinski definition) is 5. The van der Waals surface area contributed by atoms with Crippen molar-refractivity contribution in [2.24, 2.45) is 11.3 Å². The van der Waals surface area contributed by atoms with Crippen molar-refractivity contribution in [3.63, 3.8) is 0 Å². The van der Waals surface area contributed by atoms with Gasteiger partial charge in [0, 0.05) is 25.2 Å². The lowest BCUT2D eigenvalue weighted by Gasteiger charge is -2.53. The first-order chi connectivity index (χ1) is 14.0. The molecule has 172 valence electrons. The van der Waals surface area contributed by atoms with Gasteiger partial charge in [-0.25, -0.2) is 0 Å². The molecule has 0 unspecified atom stereocenters. The van der Waals surface area contributed by atoms with Crippen LogP contribution in [0.2, 0.25) is 0 Å². The third kappa shape index (κ3) is 5.17. The third-order valence-corrected chi connectivity index (χ3v) is 6.65. The second-order valence-electron chi connectivity index (χ2n) is 11.2. The summed E-state index contributed by atoms with van der Waals surface area (Å²) in [4.78, 5) is 39.1. The van der Waals surface area contributed by atoms with E-state index < -0.39 is 12.1 Å². The third-order valence-electron chi connectivity index (χ3n) is 6.65. The summed E-state index contributed by atoms with van der Waals surface area (Å²) in [7, 11) is 0. The summed E-state index contributed by atoms with van der Waals surface area (Å²) < 4.78 is 0. The molecule has 3 heterocycles. The van der Waals surface area contributed by atoms with Crippen molar-refractivity contribution in [2.45, 2.75) is 105 Å². The second-order valence-corrected chi connectivity index (χ2v) is 11.2. The molecule has 0 aromatic rings. The fourth-order valence-corrected chi connectivity index (χ4v) is 5.06. The minimum atomic E-state index is -0.516.